The zero-order chi connectivity index (χ0) is 17.6. The number of anilines is 1. The van der Waals surface area contributed by atoms with Gasteiger partial charge in [0.25, 0.3) is 0 Å². The molecule has 2 aromatic heterocycles. The van der Waals surface area contributed by atoms with Crippen LogP contribution in [0.25, 0.3) is 11.2 Å². The summed E-state index contributed by atoms with van der Waals surface area (Å²) in [4.78, 5) is 45.5. The zero-order valence-electron chi connectivity index (χ0n) is 15.7. The van der Waals surface area contributed by atoms with Gasteiger partial charge in [0.15, 0.2) is 11.5 Å². The molecular weight excluding hydrogens is 391 g/mol. The van der Waals surface area contributed by atoms with E-state index in [2.05, 4.69) is 20.3 Å². The standard InChI is InChI=1S/C15H20N5O4P.2Na/c1-9-4-11(5-12(9)24-8-25(21,22)23)20-7-18-13-14(19-10-2-3-10)16-6-17-15(13)20;;/h4,6-7,10-12H,2-3,5,8H2,1H3,(H,16,17,19)(H2,21,22,23);;/q;2*+1/p-2/t11-,12-;;/m1../s1. The van der Waals surface area contributed by atoms with Crippen LogP contribution in [0, 0.1) is 0 Å². The zero-order valence-corrected chi connectivity index (χ0v) is 20.6. The Bertz CT molecular complexity index is 824. The molecule has 1 N–H and O–H groups in total. The van der Waals surface area contributed by atoms with Crippen molar-refractivity contribution in [3.63, 3.8) is 0 Å². The molecule has 2 aliphatic rings. The van der Waals surface area contributed by atoms with Crippen molar-refractivity contribution >= 4 is 24.9 Å². The first kappa shape index (κ1) is 23.6. The molecule has 9 nitrogen and oxygen atoms in total. The van der Waals surface area contributed by atoms with Crippen LogP contribution in [-0.2, 0) is 4.74 Å². The summed E-state index contributed by atoms with van der Waals surface area (Å²) in [6.07, 6.45) is 6.82. The molecule has 2 aliphatic carbocycles. The van der Waals surface area contributed by atoms with Gasteiger partial charge in [-0.2, -0.15) is 0 Å². The summed E-state index contributed by atoms with van der Waals surface area (Å²) in [6, 6.07) is 0.404. The van der Waals surface area contributed by atoms with E-state index in [0.717, 1.165) is 24.2 Å². The molecule has 2 heterocycles. The summed E-state index contributed by atoms with van der Waals surface area (Å²) in [5, 5.41) is 3.35. The van der Waals surface area contributed by atoms with Gasteiger partial charge in [-0.25, -0.2) is 15.0 Å². The number of hydrogen-bond acceptors (Lipinski definition) is 8. The van der Waals surface area contributed by atoms with Gasteiger partial charge in [-0.05, 0) is 25.3 Å². The monoisotopic (exact) mass is 409 g/mol. The van der Waals surface area contributed by atoms with Gasteiger partial charge in [0.2, 0.25) is 0 Å². The van der Waals surface area contributed by atoms with E-state index < -0.39 is 20.4 Å². The van der Waals surface area contributed by atoms with E-state index in [4.69, 9.17) is 4.74 Å². The Morgan fingerprint density at radius 1 is 1.22 bits per heavy atom. The third-order valence-corrected chi connectivity index (χ3v) is 4.95. The van der Waals surface area contributed by atoms with Crippen molar-refractivity contribution in [2.24, 2.45) is 0 Å². The Balaban J connectivity index is 0.00000131. The van der Waals surface area contributed by atoms with Gasteiger partial charge in [0.05, 0.1) is 18.5 Å². The van der Waals surface area contributed by atoms with Gasteiger partial charge in [-0.1, -0.05) is 6.08 Å². The number of nitrogens with one attached hydrogen (secondary N) is 1. The van der Waals surface area contributed by atoms with Crippen molar-refractivity contribution in [1.29, 1.82) is 0 Å². The number of aromatic nitrogens is 4. The summed E-state index contributed by atoms with van der Waals surface area (Å²) in [6.45, 7) is 1.86. The quantitative estimate of drug-likeness (QED) is 0.283. The molecule has 0 saturated heterocycles. The molecule has 0 radical (unpaired) electrons. The summed E-state index contributed by atoms with van der Waals surface area (Å²) < 4.78 is 7.20. The fourth-order valence-electron chi connectivity index (χ4n) is 3.08. The minimum absolute atomic E-state index is 0. The third-order valence-electron chi connectivity index (χ3n) is 4.49. The average Bonchev–Trinajstić information content (AvgIpc) is 3.12. The van der Waals surface area contributed by atoms with Crippen LogP contribution in [0.2, 0.25) is 0 Å². The van der Waals surface area contributed by atoms with Crippen LogP contribution in [0.5, 0.6) is 0 Å². The molecule has 134 valence electrons. The number of allylic oxidation sites excluding steroid dienone is 1. The van der Waals surface area contributed by atoms with Gasteiger partial charge in [0.1, 0.15) is 18.2 Å². The fourth-order valence-corrected chi connectivity index (χ4v) is 3.44. The van der Waals surface area contributed by atoms with Gasteiger partial charge in [0, 0.05) is 12.5 Å². The van der Waals surface area contributed by atoms with Crippen LogP contribution < -0.4 is 79.1 Å². The Kier molecular flexibility index (Phi) is 8.27. The molecule has 0 unspecified atom stereocenters. The first-order valence-corrected chi connectivity index (χ1v) is 9.88. The molecule has 0 spiro atoms. The molecule has 2 aromatic rings. The van der Waals surface area contributed by atoms with E-state index in [1.165, 1.54) is 6.33 Å². The van der Waals surface area contributed by atoms with Crippen molar-refractivity contribution in [1.82, 2.24) is 19.5 Å². The van der Waals surface area contributed by atoms with Gasteiger partial charge >= 0.3 is 59.1 Å². The number of rotatable bonds is 6. The molecule has 12 heteroatoms. The minimum Gasteiger partial charge on any atom is -0.686 e. The molecule has 0 amide bonds. The smallest absolute Gasteiger partial charge is 0.686 e. The minimum atomic E-state index is -4.68. The Morgan fingerprint density at radius 3 is 2.63 bits per heavy atom. The predicted molar refractivity (Wildman–Crippen MR) is 86.0 cm³/mol. The molecule has 1 saturated carbocycles. The number of fused-ring (bicyclic) bond motifs is 1. The Hall–Kier alpha value is 0.360. The van der Waals surface area contributed by atoms with E-state index in [9.17, 15) is 14.7 Å². The second kappa shape index (κ2) is 9.45. The summed E-state index contributed by atoms with van der Waals surface area (Å²) >= 11 is 0. The second-order valence-electron chi connectivity index (χ2n) is 6.57. The van der Waals surface area contributed by atoms with Crippen LogP contribution in [-0.4, -0.2) is 38.0 Å². The topological polar surface area (TPSA) is 134 Å². The first-order valence-electron chi connectivity index (χ1n) is 8.16. The van der Waals surface area contributed by atoms with Gasteiger partial charge < -0.3 is 29.3 Å². The Labute approximate surface area is 201 Å². The number of nitrogens with zero attached hydrogens (tertiary/aromatic N) is 4. The molecule has 27 heavy (non-hydrogen) atoms. The maximum atomic E-state index is 10.8. The summed E-state index contributed by atoms with van der Waals surface area (Å²) in [7, 11) is -4.68. The summed E-state index contributed by atoms with van der Waals surface area (Å²) in [5.41, 5.74) is 2.32. The van der Waals surface area contributed by atoms with Crippen LogP contribution in [0.4, 0.5) is 5.82 Å². The van der Waals surface area contributed by atoms with Crippen LogP contribution >= 0.6 is 7.94 Å². The largest absolute Gasteiger partial charge is 1.00 e. The van der Waals surface area contributed by atoms with Gasteiger partial charge in [-0.15, -0.1) is 7.94 Å². The van der Waals surface area contributed by atoms with Crippen LogP contribution in [0.15, 0.2) is 24.3 Å². The maximum absolute atomic E-state index is 10.8. The van der Waals surface area contributed by atoms with Crippen LogP contribution in [0.3, 0.4) is 0 Å². The average molecular weight is 409 g/mol. The number of hydrogen-bond donors (Lipinski definition) is 1. The molecular formula is C15H18N5Na2O4P. The Morgan fingerprint density at radius 2 is 1.96 bits per heavy atom. The molecule has 2 atom stereocenters. The second-order valence-corrected chi connectivity index (χ2v) is 8.05. The third kappa shape index (κ3) is 5.71. The molecule has 4 rings (SSSR count). The van der Waals surface area contributed by atoms with E-state index >= 15 is 0 Å². The van der Waals surface area contributed by atoms with Crippen molar-refractivity contribution in [3.05, 3.63) is 24.3 Å². The van der Waals surface area contributed by atoms with Crippen molar-refractivity contribution in [2.45, 2.75) is 44.4 Å². The van der Waals surface area contributed by atoms with Crippen molar-refractivity contribution < 1.29 is 78.5 Å². The normalized spacial score (nSPS) is 22.1. The first-order chi connectivity index (χ1) is 11.9. The van der Waals surface area contributed by atoms with Crippen molar-refractivity contribution in [3.8, 4) is 0 Å². The maximum Gasteiger partial charge on any atom is 1.00 e. The van der Waals surface area contributed by atoms with E-state index in [1.807, 2.05) is 17.6 Å². The van der Waals surface area contributed by atoms with Crippen molar-refractivity contribution in [2.75, 3.05) is 11.7 Å². The van der Waals surface area contributed by atoms with E-state index in [0.29, 0.717) is 23.6 Å². The van der Waals surface area contributed by atoms with Gasteiger partial charge in [-0.3, -0.25) is 0 Å². The van der Waals surface area contributed by atoms with E-state index in [1.54, 1.807) is 6.33 Å². The van der Waals surface area contributed by atoms with Crippen LogP contribution in [0.1, 0.15) is 32.2 Å². The fraction of sp³-hybridized carbons (Fsp3) is 0.533. The number of ether oxygens (including phenoxy) is 1. The molecule has 1 fully saturated rings. The molecule has 0 aliphatic heterocycles. The van der Waals surface area contributed by atoms with E-state index in [-0.39, 0.29) is 65.2 Å². The number of imidazole rings is 1. The predicted octanol–water partition coefficient (Wildman–Crippen LogP) is -6.51. The summed E-state index contributed by atoms with van der Waals surface area (Å²) in [5.74, 6) is 0.733. The molecule has 0 aromatic carbocycles. The molecule has 0 bridgehead atoms. The SMILES string of the molecule is CC1=C[C@@H](n2cnc3c(NC4CC4)ncnc32)C[C@H]1OC[P+]([O-])([O-])[O-].[Na+].[Na+].